The van der Waals surface area contributed by atoms with E-state index in [4.69, 9.17) is 0 Å². The molecule has 1 saturated carbocycles. The lowest BCUT2D eigenvalue weighted by Gasteiger charge is -2.21. The van der Waals surface area contributed by atoms with Gasteiger partial charge in [-0.2, -0.15) is 0 Å². The first kappa shape index (κ1) is 18.2. The Morgan fingerprint density at radius 2 is 1.54 bits per heavy atom. The monoisotopic (exact) mass is 350 g/mol. The summed E-state index contributed by atoms with van der Waals surface area (Å²) in [4.78, 5) is 26.1. The number of carbonyl (C=O) groups is 2. The largest absolute Gasteiger partial charge is 0.354 e. The third kappa shape index (κ3) is 4.94. The molecule has 1 aliphatic carbocycles. The predicted molar refractivity (Wildman–Crippen MR) is 103 cm³/mol. The summed E-state index contributed by atoms with van der Waals surface area (Å²) in [5.41, 5.74) is 2.27. The van der Waals surface area contributed by atoms with Gasteiger partial charge in [-0.1, -0.05) is 60.7 Å². The van der Waals surface area contributed by atoms with Crippen LogP contribution in [0.2, 0.25) is 0 Å². The fourth-order valence-electron chi connectivity index (χ4n) is 3.36. The van der Waals surface area contributed by atoms with Gasteiger partial charge in [0.05, 0.1) is 0 Å². The third-order valence-corrected chi connectivity index (χ3v) is 4.86. The summed E-state index contributed by atoms with van der Waals surface area (Å²) in [6.07, 6.45) is 2.56. The molecule has 1 fully saturated rings. The van der Waals surface area contributed by atoms with Gasteiger partial charge in [-0.3, -0.25) is 9.59 Å². The maximum atomic E-state index is 12.5. The van der Waals surface area contributed by atoms with Crippen LogP contribution < -0.4 is 5.32 Å². The average Bonchev–Trinajstić information content (AvgIpc) is 3.49. The summed E-state index contributed by atoms with van der Waals surface area (Å²) in [5.74, 6) is 0.139. The summed E-state index contributed by atoms with van der Waals surface area (Å²) in [6.45, 7) is 2.69. The van der Waals surface area contributed by atoms with Gasteiger partial charge in [0.15, 0.2) is 0 Å². The lowest BCUT2D eigenvalue weighted by atomic mass is 9.88. The highest BCUT2D eigenvalue weighted by Crippen LogP contribution is 2.28. The van der Waals surface area contributed by atoms with E-state index >= 15 is 0 Å². The first-order valence-corrected chi connectivity index (χ1v) is 9.29. The van der Waals surface area contributed by atoms with Crippen LogP contribution in [0.5, 0.6) is 0 Å². The Morgan fingerprint density at radius 3 is 2.00 bits per heavy atom. The second-order valence-corrected chi connectivity index (χ2v) is 6.87. The topological polar surface area (TPSA) is 49.4 Å². The smallest absolute Gasteiger partial charge is 0.221 e. The molecule has 2 aromatic carbocycles. The highest BCUT2D eigenvalue weighted by Gasteiger charge is 2.30. The van der Waals surface area contributed by atoms with E-state index in [1.54, 1.807) is 6.92 Å². The Kier molecular flexibility index (Phi) is 6.05. The Hall–Kier alpha value is -2.62. The molecule has 26 heavy (non-hydrogen) atoms. The molecule has 2 amide bonds. The van der Waals surface area contributed by atoms with Gasteiger partial charge >= 0.3 is 0 Å². The molecular weight excluding hydrogens is 324 g/mol. The van der Waals surface area contributed by atoms with Gasteiger partial charge in [-0.25, -0.2) is 0 Å². The number of benzene rings is 2. The van der Waals surface area contributed by atoms with E-state index < -0.39 is 0 Å². The van der Waals surface area contributed by atoms with Crippen molar-refractivity contribution in [2.75, 3.05) is 13.1 Å². The van der Waals surface area contributed by atoms with Crippen molar-refractivity contribution in [3.8, 4) is 0 Å². The van der Waals surface area contributed by atoms with Crippen LogP contribution in [0.4, 0.5) is 0 Å². The second-order valence-electron chi connectivity index (χ2n) is 6.87. The van der Waals surface area contributed by atoms with Crippen molar-refractivity contribution in [2.24, 2.45) is 0 Å². The van der Waals surface area contributed by atoms with E-state index in [-0.39, 0.29) is 17.7 Å². The van der Waals surface area contributed by atoms with Gasteiger partial charge in [0.1, 0.15) is 0 Å². The van der Waals surface area contributed by atoms with Gasteiger partial charge in [0.2, 0.25) is 11.8 Å². The lowest BCUT2D eigenvalue weighted by Crippen LogP contribution is -2.39. The van der Waals surface area contributed by atoms with E-state index in [0.29, 0.717) is 25.6 Å². The lowest BCUT2D eigenvalue weighted by molar-refractivity contribution is -0.130. The van der Waals surface area contributed by atoms with Gasteiger partial charge < -0.3 is 10.2 Å². The summed E-state index contributed by atoms with van der Waals surface area (Å²) < 4.78 is 0. The minimum atomic E-state index is 0.0157. The fraction of sp³-hybridized carbons (Fsp3) is 0.364. The molecule has 0 bridgehead atoms. The first-order valence-electron chi connectivity index (χ1n) is 9.29. The molecule has 136 valence electrons. The van der Waals surface area contributed by atoms with Crippen molar-refractivity contribution in [3.05, 3.63) is 71.8 Å². The Balaban J connectivity index is 1.60. The zero-order valence-corrected chi connectivity index (χ0v) is 15.2. The molecule has 1 aliphatic rings. The minimum Gasteiger partial charge on any atom is -0.354 e. The van der Waals surface area contributed by atoms with E-state index in [1.807, 2.05) is 41.3 Å². The number of rotatable bonds is 8. The zero-order chi connectivity index (χ0) is 18.4. The van der Waals surface area contributed by atoms with Crippen molar-refractivity contribution < 1.29 is 9.59 Å². The predicted octanol–water partition coefficient (Wildman–Crippen LogP) is 3.34. The zero-order valence-electron chi connectivity index (χ0n) is 15.2. The number of hydrogen-bond acceptors (Lipinski definition) is 2. The van der Waals surface area contributed by atoms with E-state index in [0.717, 1.165) is 24.0 Å². The molecular formula is C22H26N2O2. The van der Waals surface area contributed by atoms with Crippen molar-refractivity contribution in [1.82, 2.24) is 10.2 Å². The van der Waals surface area contributed by atoms with Crippen LogP contribution in [0.1, 0.15) is 43.2 Å². The van der Waals surface area contributed by atoms with Crippen LogP contribution in [0, 0.1) is 0 Å². The molecule has 1 N–H and O–H groups in total. The van der Waals surface area contributed by atoms with Crippen LogP contribution in [-0.2, 0) is 9.59 Å². The van der Waals surface area contributed by atoms with Gasteiger partial charge in [0.25, 0.3) is 0 Å². The molecule has 0 heterocycles. The summed E-state index contributed by atoms with van der Waals surface area (Å²) in [7, 11) is 0. The molecule has 0 atom stereocenters. The van der Waals surface area contributed by atoms with Crippen LogP contribution in [-0.4, -0.2) is 35.8 Å². The molecule has 0 saturated heterocycles. The maximum absolute atomic E-state index is 12.5. The Bertz CT molecular complexity index is 687. The van der Waals surface area contributed by atoms with Crippen molar-refractivity contribution >= 4 is 11.8 Å². The van der Waals surface area contributed by atoms with E-state index in [2.05, 4.69) is 29.6 Å². The van der Waals surface area contributed by atoms with Crippen molar-refractivity contribution in [2.45, 2.75) is 38.1 Å². The molecule has 3 rings (SSSR count). The highest BCUT2D eigenvalue weighted by atomic mass is 16.2. The molecule has 2 aromatic rings. The van der Waals surface area contributed by atoms with Crippen molar-refractivity contribution in [3.63, 3.8) is 0 Å². The van der Waals surface area contributed by atoms with Gasteiger partial charge in [-0.05, 0) is 24.0 Å². The van der Waals surface area contributed by atoms with Crippen LogP contribution in [0.25, 0.3) is 0 Å². The van der Waals surface area contributed by atoms with Gasteiger partial charge in [0, 0.05) is 38.4 Å². The molecule has 0 aliphatic heterocycles. The number of nitrogens with one attached hydrogen (secondary N) is 1. The summed E-state index contributed by atoms with van der Waals surface area (Å²) in [5, 5.41) is 2.99. The Labute approximate surface area is 155 Å². The SMILES string of the molecule is CC(=O)N(CCNC(=O)CC(c1ccccc1)c1ccccc1)C1CC1. The molecule has 0 spiro atoms. The summed E-state index contributed by atoms with van der Waals surface area (Å²) >= 11 is 0. The third-order valence-electron chi connectivity index (χ3n) is 4.86. The minimum absolute atomic E-state index is 0.0157. The highest BCUT2D eigenvalue weighted by molar-refractivity contribution is 5.78. The average molecular weight is 350 g/mol. The number of amides is 2. The van der Waals surface area contributed by atoms with E-state index in [1.165, 1.54) is 0 Å². The standard InChI is InChI=1S/C22H26N2O2/c1-17(25)24(20-12-13-20)15-14-23-22(26)16-21(18-8-4-2-5-9-18)19-10-6-3-7-11-19/h2-11,20-21H,12-16H2,1H3,(H,23,26). The molecule has 4 heteroatoms. The van der Waals surface area contributed by atoms with Gasteiger partial charge in [-0.15, -0.1) is 0 Å². The number of nitrogens with zero attached hydrogens (tertiary/aromatic N) is 1. The second kappa shape index (κ2) is 8.65. The summed E-state index contributed by atoms with van der Waals surface area (Å²) in [6, 6.07) is 20.6. The Morgan fingerprint density at radius 1 is 1.00 bits per heavy atom. The number of hydrogen-bond donors (Lipinski definition) is 1. The molecule has 0 radical (unpaired) electrons. The van der Waals surface area contributed by atoms with Crippen LogP contribution >= 0.6 is 0 Å². The molecule has 0 aromatic heterocycles. The van der Waals surface area contributed by atoms with Crippen LogP contribution in [0.15, 0.2) is 60.7 Å². The quantitative estimate of drug-likeness (QED) is 0.794. The first-order chi connectivity index (χ1) is 12.6. The fourth-order valence-corrected chi connectivity index (χ4v) is 3.36. The normalized spacial score (nSPS) is 13.5. The molecule has 4 nitrogen and oxygen atoms in total. The van der Waals surface area contributed by atoms with Crippen LogP contribution in [0.3, 0.4) is 0 Å². The van der Waals surface area contributed by atoms with Crippen molar-refractivity contribution in [1.29, 1.82) is 0 Å². The van der Waals surface area contributed by atoms with E-state index in [9.17, 15) is 9.59 Å². The maximum Gasteiger partial charge on any atom is 0.221 e. The number of carbonyl (C=O) groups excluding carboxylic acids is 2. The molecule has 0 unspecified atom stereocenters.